The molecule has 2 saturated heterocycles. The molecule has 0 aliphatic carbocycles. The Labute approximate surface area is 216 Å². The monoisotopic (exact) mass is 640 g/mol. The smallest absolute Gasteiger partial charge is 0.167 e. The van der Waals surface area contributed by atoms with Crippen LogP contribution in [-0.4, -0.2) is 147 Å². The van der Waals surface area contributed by atoms with Crippen LogP contribution in [0.1, 0.15) is 0 Å². The van der Waals surface area contributed by atoms with Gasteiger partial charge in [0.05, 0.1) is 0 Å². The van der Waals surface area contributed by atoms with Gasteiger partial charge < -0.3 is 13.7 Å². The van der Waals surface area contributed by atoms with E-state index in [1.165, 1.54) is 0 Å². The van der Waals surface area contributed by atoms with Crippen molar-refractivity contribution in [2.75, 3.05) is 96.2 Å². The Morgan fingerprint density at radius 3 is 1.43 bits per heavy atom. The topological polar surface area (TPSA) is 128 Å². The van der Waals surface area contributed by atoms with Gasteiger partial charge in [0.15, 0.2) is 33.2 Å². The predicted octanol–water partition coefficient (Wildman–Crippen LogP) is -1.94. The van der Waals surface area contributed by atoms with Crippen molar-refractivity contribution in [1.82, 2.24) is 24.5 Å². The van der Waals surface area contributed by atoms with Crippen molar-refractivity contribution in [3.8, 4) is 0 Å². The SMILES string of the molecule is O=S(O)CN1CCN2CCN(CCN(CCN(CS(=O)O)CS(=O)O)CC2)CC1.[Ho]. The van der Waals surface area contributed by atoms with Crippen LogP contribution in [-0.2, 0) is 33.2 Å². The van der Waals surface area contributed by atoms with Crippen molar-refractivity contribution >= 4 is 33.2 Å². The van der Waals surface area contributed by atoms with E-state index in [-0.39, 0.29) is 55.4 Å². The van der Waals surface area contributed by atoms with Gasteiger partial charge in [-0.1, -0.05) is 0 Å². The summed E-state index contributed by atoms with van der Waals surface area (Å²) < 4.78 is 60.9. The molecule has 11 nitrogen and oxygen atoms in total. The van der Waals surface area contributed by atoms with Gasteiger partial charge in [0.2, 0.25) is 0 Å². The molecule has 1 radical (unpaired) electrons. The first kappa shape index (κ1) is 29.4. The zero-order chi connectivity index (χ0) is 21.2. The van der Waals surface area contributed by atoms with Crippen molar-refractivity contribution in [2.24, 2.45) is 0 Å². The molecule has 0 aromatic carbocycles. The van der Waals surface area contributed by atoms with Crippen LogP contribution in [0.4, 0.5) is 0 Å². The van der Waals surface area contributed by atoms with Crippen molar-refractivity contribution < 1.29 is 64.0 Å². The molecule has 0 saturated carbocycles. The van der Waals surface area contributed by atoms with Crippen molar-refractivity contribution in [2.45, 2.75) is 0 Å². The van der Waals surface area contributed by atoms with Crippen LogP contribution in [0.2, 0.25) is 0 Å². The second kappa shape index (κ2) is 16.1. The van der Waals surface area contributed by atoms with E-state index >= 15 is 0 Å². The van der Waals surface area contributed by atoms with Gasteiger partial charge in [-0.3, -0.25) is 24.5 Å². The van der Waals surface area contributed by atoms with Crippen LogP contribution >= 0.6 is 0 Å². The Balaban J connectivity index is 0.00000450. The van der Waals surface area contributed by atoms with E-state index < -0.39 is 33.2 Å². The van der Waals surface area contributed by atoms with E-state index in [2.05, 4.69) is 14.7 Å². The molecule has 5 atom stereocenters. The van der Waals surface area contributed by atoms with E-state index in [1.807, 2.05) is 4.90 Å². The molecule has 0 amide bonds. The molecule has 2 bridgehead atoms. The van der Waals surface area contributed by atoms with Gasteiger partial charge in [0.25, 0.3) is 0 Å². The van der Waals surface area contributed by atoms with Gasteiger partial charge in [-0.25, -0.2) is 12.6 Å². The molecule has 2 rings (SSSR count). The molecular formula is C15H33HoN5O6S3. The second-order valence-corrected chi connectivity index (χ2v) is 10.1. The summed E-state index contributed by atoms with van der Waals surface area (Å²) in [6.07, 6.45) is 0. The minimum Gasteiger partial charge on any atom is -0.305 e. The van der Waals surface area contributed by atoms with Gasteiger partial charge in [-0.15, -0.1) is 0 Å². The van der Waals surface area contributed by atoms with E-state index in [0.29, 0.717) is 13.1 Å². The summed E-state index contributed by atoms with van der Waals surface area (Å²) in [5, 5.41) is 0. The molecule has 183 valence electrons. The van der Waals surface area contributed by atoms with Crippen molar-refractivity contribution in [3.05, 3.63) is 0 Å². The van der Waals surface area contributed by atoms with Gasteiger partial charge in [0.1, 0.15) is 17.6 Å². The molecule has 0 spiro atoms. The number of hydrogen-bond acceptors (Lipinski definition) is 8. The number of fused-ring (bicyclic) bond motifs is 3. The van der Waals surface area contributed by atoms with E-state index in [4.69, 9.17) is 9.11 Å². The molecular weight excluding hydrogens is 607 g/mol. The van der Waals surface area contributed by atoms with Gasteiger partial charge in [-0.2, -0.15) is 0 Å². The van der Waals surface area contributed by atoms with E-state index in [0.717, 1.165) is 65.4 Å². The van der Waals surface area contributed by atoms with Crippen LogP contribution in [0.3, 0.4) is 0 Å². The fourth-order valence-corrected chi connectivity index (χ4v) is 5.33. The summed E-state index contributed by atoms with van der Waals surface area (Å²) in [4.78, 5) is 10.6. The first-order chi connectivity index (χ1) is 13.8. The third-order valence-electron chi connectivity index (χ3n) is 5.27. The minimum absolute atomic E-state index is 0. The zero-order valence-electron chi connectivity index (χ0n) is 16.9. The molecule has 30 heavy (non-hydrogen) atoms. The number of rotatable bonds is 9. The summed E-state index contributed by atoms with van der Waals surface area (Å²) in [6.45, 7) is 9.69. The van der Waals surface area contributed by atoms with Crippen LogP contribution in [0, 0.1) is 37.7 Å². The maximum absolute atomic E-state index is 11.2. The van der Waals surface area contributed by atoms with Gasteiger partial charge in [0, 0.05) is 116 Å². The zero-order valence-corrected chi connectivity index (χ0v) is 21.3. The summed E-state index contributed by atoms with van der Waals surface area (Å²) in [6, 6.07) is 0. The Morgan fingerprint density at radius 2 is 1.03 bits per heavy atom. The molecule has 5 unspecified atom stereocenters. The standard InChI is InChI=1S/C15H33N5O6S3.Ho/c21-27(22)13-19-10-7-16-1-2-17(8-11-19)4-6-18(5-3-16)9-12-20(14-28(23)24)15-29(25)26;/h1-15H2,(H,21,22)(H,23,24)(H,25,26);. The molecule has 0 aromatic heterocycles. The fourth-order valence-electron chi connectivity index (χ4n) is 3.58. The minimum atomic E-state index is -2.04. The maximum Gasteiger partial charge on any atom is 0.167 e. The van der Waals surface area contributed by atoms with Gasteiger partial charge >= 0.3 is 0 Å². The van der Waals surface area contributed by atoms with Crippen LogP contribution in [0.25, 0.3) is 0 Å². The van der Waals surface area contributed by atoms with Crippen LogP contribution in [0.5, 0.6) is 0 Å². The fraction of sp³-hybridized carbons (Fsp3) is 1.00. The van der Waals surface area contributed by atoms with E-state index in [1.54, 1.807) is 4.90 Å². The quantitative estimate of drug-likeness (QED) is 0.193. The van der Waals surface area contributed by atoms with Crippen LogP contribution < -0.4 is 0 Å². The molecule has 0 aromatic rings. The summed E-state index contributed by atoms with van der Waals surface area (Å²) in [5.74, 6) is -0.0942. The van der Waals surface area contributed by atoms with E-state index in [9.17, 15) is 17.2 Å². The predicted molar refractivity (Wildman–Crippen MR) is 115 cm³/mol. The Morgan fingerprint density at radius 1 is 0.633 bits per heavy atom. The number of hydrogen-bond donors (Lipinski definition) is 3. The van der Waals surface area contributed by atoms with Crippen molar-refractivity contribution in [1.29, 1.82) is 0 Å². The number of nitrogens with zero attached hydrogens (tertiary/aromatic N) is 5. The molecule has 2 fully saturated rings. The third-order valence-corrected chi connectivity index (χ3v) is 7.03. The molecule has 3 N–H and O–H groups in total. The summed E-state index contributed by atoms with van der Waals surface area (Å²) in [7, 11) is 0. The normalized spacial score (nSPS) is 27.6. The summed E-state index contributed by atoms with van der Waals surface area (Å²) >= 11 is -5.91. The van der Waals surface area contributed by atoms with Crippen LogP contribution in [0.15, 0.2) is 0 Å². The molecule has 2 heterocycles. The molecule has 15 heteroatoms. The Kier molecular flexibility index (Phi) is 15.8. The second-order valence-electron chi connectivity index (χ2n) is 7.39. The van der Waals surface area contributed by atoms with Gasteiger partial charge in [-0.05, 0) is 0 Å². The summed E-state index contributed by atoms with van der Waals surface area (Å²) in [5.41, 5.74) is 0. The average Bonchev–Trinajstić information content (AvgIpc) is 2.77. The maximum atomic E-state index is 11.2. The Hall–Kier alpha value is 1.39. The average molecular weight is 641 g/mol. The molecule has 2 aliphatic heterocycles. The largest absolute Gasteiger partial charge is 0.305 e. The molecule has 2 aliphatic rings. The first-order valence-corrected chi connectivity index (χ1v) is 13.5. The first-order valence-electron chi connectivity index (χ1n) is 9.66. The third kappa shape index (κ3) is 12.6. The Bertz CT molecular complexity index is 545. The van der Waals surface area contributed by atoms with Crippen molar-refractivity contribution in [3.63, 3.8) is 0 Å².